The van der Waals surface area contributed by atoms with Crippen LogP contribution < -0.4 is 0 Å². The van der Waals surface area contributed by atoms with E-state index in [1.54, 1.807) is 0 Å². The van der Waals surface area contributed by atoms with Crippen LogP contribution in [0.1, 0.15) is 52.9 Å². The highest BCUT2D eigenvalue weighted by Crippen LogP contribution is 2.49. The van der Waals surface area contributed by atoms with Crippen molar-refractivity contribution in [2.75, 3.05) is 0 Å². The highest BCUT2D eigenvalue weighted by molar-refractivity contribution is 5.88. The van der Waals surface area contributed by atoms with Gasteiger partial charge in [0.25, 0.3) is 0 Å². The van der Waals surface area contributed by atoms with Gasteiger partial charge in [-0.15, -0.1) is 0 Å². The Morgan fingerprint density at radius 1 is 1.50 bits per heavy atom. The first-order valence-electron chi connectivity index (χ1n) is 5.74. The van der Waals surface area contributed by atoms with Crippen LogP contribution in [0.3, 0.4) is 0 Å². The van der Waals surface area contributed by atoms with Gasteiger partial charge >= 0.3 is 0 Å². The number of ether oxygens (including phenoxy) is 1. The Morgan fingerprint density at radius 2 is 2.21 bits per heavy atom. The van der Waals surface area contributed by atoms with Crippen LogP contribution >= 0.6 is 0 Å². The molecule has 2 saturated heterocycles. The Bertz CT molecular complexity index is 261. The fraction of sp³-hybridized carbons (Fsp3) is 0.917. The van der Waals surface area contributed by atoms with E-state index in [-0.39, 0.29) is 5.60 Å². The second-order valence-corrected chi connectivity index (χ2v) is 5.26. The summed E-state index contributed by atoms with van der Waals surface area (Å²) in [5.41, 5.74) is -0.492. The van der Waals surface area contributed by atoms with E-state index in [0.717, 1.165) is 25.7 Å². The molecule has 2 aliphatic heterocycles. The summed E-state index contributed by atoms with van der Waals surface area (Å²) in [4.78, 5) is 11.7. The Labute approximate surface area is 86.0 Å². The van der Waals surface area contributed by atoms with E-state index < -0.39 is 5.60 Å². The van der Waals surface area contributed by atoms with Crippen LogP contribution in [0, 0.1) is 5.92 Å². The second kappa shape index (κ2) is 3.06. The molecule has 3 atom stereocenters. The Balaban J connectivity index is 2.23. The van der Waals surface area contributed by atoms with E-state index in [1.165, 1.54) is 6.42 Å². The monoisotopic (exact) mass is 196 g/mol. The third-order valence-corrected chi connectivity index (χ3v) is 4.06. The maximum Gasteiger partial charge on any atom is 0.164 e. The van der Waals surface area contributed by atoms with Crippen LogP contribution in [0.2, 0.25) is 0 Å². The molecule has 14 heavy (non-hydrogen) atoms. The molecule has 3 rings (SSSR count). The molecule has 3 aliphatic rings. The van der Waals surface area contributed by atoms with Crippen LogP contribution in [-0.4, -0.2) is 17.0 Å². The summed E-state index contributed by atoms with van der Waals surface area (Å²) in [7, 11) is 0. The maximum absolute atomic E-state index is 11.7. The summed E-state index contributed by atoms with van der Waals surface area (Å²) in [6, 6.07) is 0. The molecule has 2 bridgehead atoms. The number of fused-ring (bicyclic) bond motifs is 3. The highest BCUT2D eigenvalue weighted by Gasteiger charge is 2.54. The van der Waals surface area contributed by atoms with Gasteiger partial charge in [-0.3, -0.25) is 4.79 Å². The number of ketones is 1. The highest BCUT2D eigenvalue weighted by atomic mass is 16.5. The average Bonchev–Trinajstić information content (AvgIpc) is 2.08. The van der Waals surface area contributed by atoms with Crippen molar-refractivity contribution in [3.05, 3.63) is 0 Å². The first-order valence-corrected chi connectivity index (χ1v) is 5.74. The van der Waals surface area contributed by atoms with Crippen molar-refractivity contribution >= 4 is 5.78 Å². The first kappa shape index (κ1) is 10.2. The third-order valence-electron chi connectivity index (χ3n) is 4.06. The summed E-state index contributed by atoms with van der Waals surface area (Å²) in [5.74, 6) is 0.791. The van der Waals surface area contributed by atoms with Crippen molar-refractivity contribution < 1.29 is 9.53 Å². The van der Waals surface area contributed by atoms with Crippen molar-refractivity contribution in [1.82, 2.24) is 0 Å². The molecule has 80 valence electrons. The summed E-state index contributed by atoms with van der Waals surface area (Å²) < 4.78 is 6.06. The molecule has 0 spiro atoms. The zero-order valence-electron chi connectivity index (χ0n) is 9.43. The number of carbonyl (C=O) groups excluding carboxylic acids is 1. The zero-order chi connectivity index (χ0) is 10.4. The van der Waals surface area contributed by atoms with Crippen LogP contribution in [0.4, 0.5) is 0 Å². The van der Waals surface area contributed by atoms with Crippen molar-refractivity contribution in [3.8, 4) is 0 Å². The Morgan fingerprint density at radius 3 is 2.71 bits per heavy atom. The third kappa shape index (κ3) is 1.31. The number of rotatable bonds is 2. The topological polar surface area (TPSA) is 26.3 Å². The molecule has 0 N–H and O–H groups in total. The van der Waals surface area contributed by atoms with Gasteiger partial charge < -0.3 is 4.74 Å². The van der Waals surface area contributed by atoms with Gasteiger partial charge in [-0.25, -0.2) is 0 Å². The average molecular weight is 196 g/mol. The van der Waals surface area contributed by atoms with Gasteiger partial charge in [-0.2, -0.15) is 0 Å². The fourth-order valence-electron chi connectivity index (χ4n) is 3.11. The molecule has 0 aromatic heterocycles. The molecule has 0 unspecified atom stereocenters. The first-order chi connectivity index (χ1) is 6.50. The predicted octanol–water partition coefficient (Wildman–Crippen LogP) is 2.70. The lowest BCUT2D eigenvalue weighted by atomic mass is 9.66. The molecule has 1 aliphatic carbocycles. The van der Waals surface area contributed by atoms with Crippen molar-refractivity contribution in [2.24, 2.45) is 5.92 Å². The molecule has 2 heterocycles. The van der Waals surface area contributed by atoms with E-state index in [4.69, 9.17) is 4.74 Å². The molecule has 0 aromatic carbocycles. The van der Waals surface area contributed by atoms with Crippen molar-refractivity contribution in [2.45, 2.75) is 64.1 Å². The minimum atomic E-state index is -0.460. The van der Waals surface area contributed by atoms with E-state index in [1.807, 2.05) is 6.92 Å². The van der Waals surface area contributed by atoms with Gasteiger partial charge in [0.2, 0.25) is 0 Å². The number of hydrogen-bond donors (Lipinski definition) is 0. The summed E-state index contributed by atoms with van der Waals surface area (Å²) in [6.45, 7) is 6.34. The van der Waals surface area contributed by atoms with E-state index in [0.29, 0.717) is 11.7 Å². The largest absolute Gasteiger partial charge is 0.361 e. The van der Waals surface area contributed by atoms with Gasteiger partial charge in [0.1, 0.15) is 5.60 Å². The van der Waals surface area contributed by atoms with Crippen LogP contribution in [0.25, 0.3) is 0 Å². The normalized spacial score (nSPS) is 47.1. The molecular formula is C12H20O2. The SMILES string of the molecule is CCC[C@@]1(C)O[C@@]2(C)CC[C@@H]1CC2=O. The minimum Gasteiger partial charge on any atom is -0.361 e. The van der Waals surface area contributed by atoms with Crippen LogP contribution in [0.5, 0.6) is 0 Å². The number of carbonyl (C=O) groups is 1. The standard InChI is InChI=1S/C12H20O2/c1-4-6-11(2)9-5-7-12(3,14-11)10(13)8-9/h9H,4-8H2,1-3H3/t9-,11-,12+/m1/s1. The predicted molar refractivity (Wildman–Crippen MR) is 55.2 cm³/mol. The van der Waals surface area contributed by atoms with E-state index >= 15 is 0 Å². The maximum atomic E-state index is 11.7. The Kier molecular flexibility index (Phi) is 2.22. The molecule has 3 fully saturated rings. The fourth-order valence-corrected chi connectivity index (χ4v) is 3.11. The lowest BCUT2D eigenvalue weighted by molar-refractivity contribution is -0.229. The Hall–Kier alpha value is -0.370. The smallest absolute Gasteiger partial charge is 0.164 e. The van der Waals surface area contributed by atoms with Gasteiger partial charge in [0, 0.05) is 6.42 Å². The lowest BCUT2D eigenvalue weighted by Gasteiger charge is -2.54. The molecule has 1 saturated carbocycles. The molecule has 2 heteroatoms. The van der Waals surface area contributed by atoms with Gasteiger partial charge in [-0.1, -0.05) is 13.3 Å². The summed E-state index contributed by atoms with van der Waals surface area (Å²) >= 11 is 0. The summed E-state index contributed by atoms with van der Waals surface area (Å²) in [6.07, 6.45) is 5.05. The van der Waals surface area contributed by atoms with Crippen LogP contribution in [0.15, 0.2) is 0 Å². The zero-order valence-corrected chi connectivity index (χ0v) is 9.43. The van der Waals surface area contributed by atoms with Gasteiger partial charge in [0.05, 0.1) is 5.60 Å². The number of Topliss-reactive ketones (excluding diaryl/α,β-unsaturated/α-hetero) is 1. The molecule has 2 nitrogen and oxygen atoms in total. The number of hydrogen-bond acceptors (Lipinski definition) is 2. The molecule has 0 radical (unpaired) electrons. The van der Waals surface area contributed by atoms with Gasteiger partial charge in [-0.05, 0) is 39.0 Å². The second-order valence-electron chi connectivity index (χ2n) is 5.26. The molecule has 0 amide bonds. The van der Waals surface area contributed by atoms with E-state index in [2.05, 4.69) is 13.8 Å². The van der Waals surface area contributed by atoms with Crippen molar-refractivity contribution in [1.29, 1.82) is 0 Å². The van der Waals surface area contributed by atoms with Crippen LogP contribution in [-0.2, 0) is 9.53 Å². The van der Waals surface area contributed by atoms with Gasteiger partial charge in [0.15, 0.2) is 5.78 Å². The summed E-state index contributed by atoms with van der Waals surface area (Å²) in [5, 5.41) is 0. The molecule has 0 aromatic rings. The lowest BCUT2D eigenvalue weighted by Crippen LogP contribution is -2.60. The van der Waals surface area contributed by atoms with E-state index in [9.17, 15) is 4.79 Å². The molecular weight excluding hydrogens is 176 g/mol. The quantitative estimate of drug-likeness (QED) is 0.678. The van der Waals surface area contributed by atoms with Crippen molar-refractivity contribution in [3.63, 3.8) is 0 Å². The minimum absolute atomic E-state index is 0.0321.